The van der Waals surface area contributed by atoms with Gasteiger partial charge in [-0.3, -0.25) is 0 Å². The van der Waals surface area contributed by atoms with Crippen molar-refractivity contribution in [3.8, 4) is 23.7 Å². The number of rotatable bonds is 8. The highest BCUT2D eigenvalue weighted by Crippen LogP contribution is 2.08. The molecule has 0 rings (SSSR count). The second-order valence-electron chi connectivity index (χ2n) is 4.08. The van der Waals surface area contributed by atoms with E-state index in [4.69, 9.17) is 0 Å². The topological polar surface area (TPSA) is 0 Å². The summed E-state index contributed by atoms with van der Waals surface area (Å²) in [6, 6.07) is 0. The molecule has 0 saturated carbocycles. The van der Waals surface area contributed by atoms with Gasteiger partial charge in [0.2, 0.25) is 0 Å². The Hall–Kier alpha value is -0.880. The van der Waals surface area contributed by atoms with Gasteiger partial charge in [0.05, 0.1) is 0 Å². The number of hydrogen-bond donors (Lipinski definition) is 0. The van der Waals surface area contributed by atoms with E-state index < -0.39 is 0 Å². The minimum Gasteiger partial charge on any atom is -0.0891 e. The van der Waals surface area contributed by atoms with Crippen LogP contribution in [0.25, 0.3) is 0 Å². The summed E-state index contributed by atoms with van der Waals surface area (Å²) in [5.41, 5.74) is 0. The van der Waals surface area contributed by atoms with Gasteiger partial charge in [0, 0.05) is 12.8 Å². The molecule has 0 bridgehead atoms. The molecule has 0 unspecified atom stereocenters. The molecule has 1 radical (unpaired) electrons. The van der Waals surface area contributed by atoms with Gasteiger partial charge in [-0.15, -0.1) is 0 Å². The molecule has 0 aromatic carbocycles. The zero-order chi connectivity index (χ0) is 11.9. The van der Waals surface area contributed by atoms with Crippen LogP contribution in [-0.4, -0.2) is 0 Å². The highest BCUT2D eigenvalue weighted by atomic mass is 14.0. The third-order valence-electron chi connectivity index (χ3n) is 2.52. The quantitative estimate of drug-likeness (QED) is 0.406. The van der Waals surface area contributed by atoms with Crippen LogP contribution in [0.3, 0.4) is 0 Å². The van der Waals surface area contributed by atoms with E-state index in [1.165, 1.54) is 51.4 Å². The summed E-state index contributed by atoms with van der Waals surface area (Å²) < 4.78 is 0. The lowest BCUT2D eigenvalue weighted by atomic mass is 10.1. The Kier molecular flexibility index (Phi) is 13.3. The summed E-state index contributed by atoms with van der Waals surface area (Å²) in [6.45, 7) is 5.89. The minimum atomic E-state index is 0.659. The molecule has 0 aromatic rings. The zero-order valence-corrected chi connectivity index (χ0v) is 10.8. The van der Waals surface area contributed by atoms with E-state index in [2.05, 4.69) is 37.5 Å². The average molecular weight is 217 g/mol. The van der Waals surface area contributed by atoms with Gasteiger partial charge in [-0.1, -0.05) is 63.7 Å². The van der Waals surface area contributed by atoms with Crippen molar-refractivity contribution >= 4 is 0 Å². The second-order valence-corrected chi connectivity index (χ2v) is 4.08. The molecule has 0 saturated heterocycles. The van der Waals surface area contributed by atoms with E-state index >= 15 is 0 Å². The van der Waals surface area contributed by atoms with E-state index in [-0.39, 0.29) is 0 Å². The third kappa shape index (κ3) is 13.1. The van der Waals surface area contributed by atoms with Crippen molar-refractivity contribution in [3.05, 3.63) is 6.92 Å². The van der Waals surface area contributed by atoms with Crippen LogP contribution in [0.4, 0.5) is 0 Å². The summed E-state index contributed by atoms with van der Waals surface area (Å²) in [5.74, 6) is 11.6. The zero-order valence-electron chi connectivity index (χ0n) is 10.8. The number of unbranched alkanes of at least 4 members (excludes halogenated alkanes) is 8. The molecule has 0 aliphatic carbocycles. The lowest BCUT2D eigenvalue weighted by Gasteiger charge is -1.98. The van der Waals surface area contributed by atoms with Crippen molar-refractivity contribution < 1.29 is 0 Å². The first-order valence-electron chi connectivity index (χ1n) is 6.66. The average Bonchev–Trinajstić information content (AvgIpc) is 2.31. The largest absolute Gasteiger partial charge is 0.0891 e. The Morgan fingerprint density at radius 2 is 1.31 bits per heavy atom. The standard InChI is InChI=1S/C16H25/c1-3-5-7-9-11-13-15-16-14-12-10-8-6-4-2/h1,3-4,6,8,10,12-16H2,2H3. The monoisotopic (exact) mass is 217 g/mol. The van der Waals surface area contributed by atoms with E-state index in [1.54, 1.807) is 0 Å². The van der Waals surface area contributed by atoms with Crippen LogP contribution in [0.2, 0.25) is 0 Å². The molecular weight excluding hydrogens is 192 g/mol. The summed E-state index contributed by atoms with van der Waals surface area (Å²) in [5, 5.41) is 0. The van der Waals surface area contributed by atoms with Crippen molar-refractivity contribution in [2.24, 2.45) is 0 Å². The smallest absolute Gasteiger partial charge is 0.00992 e. The van der Waals surface area contributed by atoms with Crippen molar-refractivity contribution in [2.75, 3.05) is 0 Å². The van der Waals surface area contributed by atoms with Crippen LogP contribution in [0.5, 0.6) is 0 Å². The predicted molar refractivity (Wildman–Crippen MR) is 72.8 cm³/mol. The molecule has 89 valence electrons. The van der Waals surface area contributed by atoms with Gasteiger partial charge < -0.3 is 0 Å². The SMILES string of the molecule is [CH2]CC#CC#CCCCCCCCCCC. The molecule has 0 heteroatoms. The van der Waals surface area contributed by atoms with Gasteiger partial charge in [0.15, 0.2) is 0 Å². The minimum absolute atomic E-state index is 0.659. The molecule has 0 aliphatic rings. The van der Waals surface area contributed by atoms with Gasteiger partial charge in [-0.25, -0.2) is 0 Å². The lowest BCUT2D eigenvalue weighted by Crippen LogP contribution is -1.79. The molecule has 0 fully saturated rings. The Bertz CT molecular complexity index is 241. The molecule has 0 spiro atoms. The lowest BCUT2D eigenvalue weighted by molar-refractivity contribution is 0.579. The van der Waals surface area contributed by atoms with Gasteiger partial charge in [-0.05, 0) is 25.2 Å². The fourth-order valence-electron chi connectivity index (χ4n) is 1.56. The fraction of sp³-hybridized carbons (Fsp3) is 0.688. The summed E-state index contributed by atoms with van der Waals surface area (Å²) in [6.07, 6.45) is 12.5. The molecule has 0 aromatic heterocycles. The van der Waals surface area contributed by atoms with E-state index in [0.717, 1.165) is 6.42 Å². The molecule has 16 heavy (non-hydrogen) atoms. The van der Waals surface area contributed by atoms with Crippen molar-refractivity contribution in [3.63, 3.8) is 0 Å². The predicted octanol–water partition coefficient (Wildman–Crippen LogP) is 4.75. The highest BCUT2D eigenvalue weighted by molar-refractivity contribution is 5.25. The molecule has 0 amide bonds. The molecule has 0 aliphatic heterocycles. The Morgan fingerprint density at radius 3 is 1.94 bits per heavy atom. The van der Waals surface area contributed by atoms with Gasteiger partial charge in [0.25, 0.3) is 0 Å². The van der Waals surface area contributed by atoms with Crippen LogP contribution in [-0.2, 0) is 0 Å². The molecule has 0 nitrogen and oxygen atoms in total. The fourth-order valence-corrected chi connectivity index (χ4v) is 1.56. The maximum Gasteiger partial charge on any atom is 0.00992 e. The number of hydrogen-bond acceptors (Lipinski definition) is 0. The molecular formula is C16H25. The highest BCUT2D eigenvalue weighted by Gasteiger charge is 1.89. The van der Waals surface area contributed by atoms with Crippen LogP contribution < -0.4 is 0 Å². The third-order valence-corrected chi connectivity index (χ3v) is 2.52. The van der Waals surface area contributed by atoms with Crippen LogP contribution in [0.1, 0.15) is 71.1 Å². The molecule has 0 atom stereocenters. The van der Waals surface area contributed by atoms with Gasteiger partial charge >= 0.3 is 0 Å². The summed E-state index contributed by atoms with van der Waals surface area (Å²) in [7, 11) is 0. The van der Waals surface area contributed by atoms with E-state index in [9.17, 15) is 0 Å². The first kappa shape index (κ1) is 15.1. The molecule has 0 heterocycles. The summed E-state index contributed by atoms with van der Waals surface area (Å²) in [4.78, 5) is 0. The molecule has 0 N–H and O–H groups in total. The Labute approximate surface area is 102 Å². The van der Waals surface area contributed by atoms with E-state index in [1.807, 2.05) is 0 Å². The van der Waals surface area contributed by atoms with Crippen LogP contribution >= 0.6 is 0 Å². The first-order valence-corrected chi connectivity index (χ1v) is 6.66. The first-order chi connectivity index (χ1) is 7.91. The maximum atomic E-state index is 3.63. The van der Waals surface area contributed by atoms with Crippen molar-refractivity contribution in [1.29, 1.82) is 0 Å². The normalized spacial score (nSPS) is 8.88. The Balaban J connectivity index is 3.11. The summed E-state index contributed by atoms with van der Waals surface area (Å²) >= 11 is 0. The Morgan fingerprint density at radius 1 is 0.750 bits per heavy atom. The van der Waals surface area contributed by atoms with E-state index in [0.29, 0.717) is 6.42 Å². The maximum absolute atomic E-state index is 3.63. The van der Waals surface area contributed by atoms with Crippen molar-refractivity contribution in [2.45, 2.75) is 71.1 Å². The van der Waals surface area contributed by atoms with Crippen LogP contribution in [0, 0.1) is 30.6 Å². The van der Waals surface area contributed by atoms with Crippen LogP contribution in [0.15, 0.2) is 0 Å². The van der Waals surface area contributed by atoms with Crippen molar-refractivity contribution in [1.82, 2.24) is 0 Å². The second kappa shape index (κ2) is 14.1. The van der Waals surface area contributed by atoms with Gasteiger partial charge in [0.1, 0.15) is 0 Å². The van der Waals surface area contributed by atoms with Gasteiger partial charge in [-0.2, -0.15) is 0 Å².